The Morgan fingerprint density at radius 2 is 2.14 bits per heavy atom. The molecule has 68 valence electrons. The van der Waals surface area contributed by atoms with Crippen LogP contribution in [0.5, 0.6) is 0 Å². The van der Waals surface area contributed by atoms with Crippen LogP contribution >= 0.6 is 27.5 Å². The molecule has 0 spiro atoms. The van der Waals surface area contributed by atoms with Crippen molar-refractivity contribution in [2.24, 2.45) is 0 Å². The molecule has 0 atom stereocenters. The van der Waals surface area contributed by atoms with Crippen LogP contribution in [0.25, 0.3) is 10.8 Å². The first-order valence-electron chi connectivity index (χ1n) is 3.87. The highest BCUT2D eigenvalue weighted by Gasteiger charge is 2.07. The van der Waals surface area contributed by atoms with E-state index >= 15 is 0 Å². The van der Waals surface area contributed by atoms with Gasteiger partial charge in [-0.25, -0.2) is 4.98 Å². The summed E-state index contributed by atoms with van der Waals surface area (Å²) in [5, 5.41) is 11.1. The molecular weight excluding hydrogens is 263 g/mol. The first kappa shape index (κ1) is 9.45. The first-order valence-corrected chi connectivity index (χ1v) is 5.04. The number of nitrogens with zero attached hydrogens (tertiary/aromatic N) is 2. The molecule has 1 heterocycles. The third-order valence-corrected chi connectivity index (χ3v) is 2.92. The lowest BCUT2D eigenvalue weighted by Gasteiger charge is -2.03. The van der Waals surface area contributed by atoms with Crippen molar-refractivity contribution >= 4 is 38.3 Å². The maximum Gasteiger partial charge on any atom is 0.149 e. The van der Waals surface area contributed by atoms with Gasteiger partial charge in [-0.3, -0.25) is 0 Å². The predicted molar refractivity (Wildman–Crippen MR) is 59.2 cm³/mol. The van der Waals surface area contributed by atoms with Gasteiger partial charge in [0.1, 0.15) is 11.8 Å². The summed E-state index contributed by atoms with van der Waals surface area (Å²) in [6.07, 6.45) is 1.58. The number of pyridine rings is 1. The van der Waals surface area contributed by atoms with Crippen molar-refractivity contribution in [2.45, 2.75) is 0 Å². The van der Waals surface area contributed by atoms with Crippen molar-refractivity contribution in [1.29, 1.82) is 5.26 Å². The summed E-state index contributed by atoms with van der Waals surface area (Å²) in [5.74, 6) is 0. The fourth-order valence-corrected chi connectivity index (χ4v) is 2.06. The number of rotatable bonds is 0. The summed E-state index contributed by atoms with van der Waals surface area (Å²) in [4.78, 5) is 3.98. The van der Waals surface area contributed by atoms with Gasteiger partial charge in [0.15, 0.2) is 0 Å². The molecule has 0 fully saturated rings. The predicted octanol–water partition coefficient (Wildman–Crippen LogP) is 3.52. The summed E-state index contributed by atoms with van der Waals surface area (Å²) >= 11 is 9.37. The standard InChI is InChI=1S/C10H4BrClN2/c11-7-1-2-8(12)6-3-4-14-9(5-13)10(6)7/h1-4H. The van der Waals surface area contributed by atoms with Crippen LogP contribution < -0.4 is 0 Å². The Labute approximate surface area is 94.3 Å². The minimum atomic E-state index is 0.386. The van der Waals surface area contributed by atoms with Gasteiger partial charge in [0.2, 0.25) is 0 Å². The maximum atomic E-state index is 8.87. The molecule has 2 aromatic rings. The number of nitriles is 1. The van der Waals surface area contributed by atoms with Crippen LogP contribution in [0.15, 0.2) is 28.9 Å². The monoisotopic (exact) mass is 266 g/mol. The molecule has 0 aliphatic carbocycles. The van der Waals surface area contributed by atoms with E-state index in [4.69, 9.17) is 16.9 Å². The highest BCUT2D eigenvalue weighted by Crippen LogP contribution is 2.30. The third-order valence-electron chi connectivity index (χ3n) is 1.93. The van der Waals surface area contributed by atoms with Crippen LogP contribution in [0.3, 0.4) is 0 Å². The fourth-order valence-electron chi connectivity index (χ4n) is 1.31. The molecule has 0 aliphatic rings. The number of halogens is 2. The van der Waals surface area contributed by atoms with E-state index in [-0.39, 0.29) is 0 Å². The van der Waals surface area contributed by atoms with Crippen molar-refractivity contribution < 1.29 is 0 Å². The van der Waals surface area contributed by atoms with E-state index in [1.54, 1.807) is 18.3 Å². The zero-order chi connectivity index (χ0) is 10.1. The molecule has 0 amide bonds. The topological polar surface area (TPSA) is 36.7 Å². The second-order valence-electron chi connectivity index (χ2n) is 2.72. The third kappa shape index (κ3) is 1.37. The Morgan fingerprint density at radius 3 is 2.86 bits per heavy atom. The zero-order valence-corrected chi connectivity index (χ0v) is 9.30. The number of fused-ring (bicyclic) bond motifs is 1. The van der Waals surface area contributed by atoms with Crippen LogP contribution in [-0.4, -0.2) is 4.98 Å². The average Bonchev–Trinajstić information content (AvgIpc) is 2.23. The lowest BCUT2D eigenvalue weighted by molar-refractivity contribution is 1.29. The Bertz CT molecular complexity index is 546. The van der Waals surface area contributed by atoms with Gasteiger partial charge in [0.05, 0.1) is 0 Å². The quantitative estimate of drug-likeness (QED) is 0.732. The molecule has 2 rings (SSSR count). The molecular formula is C10H4BrClN2. The molecule has 4 heteroatoms. The maximum absolute atomic E-state index is 8.87. The molecule has 2 nitrogen and oxygen atoms in total. The zero-order valence-electron chi connectivity index (χ0n) is 6.96. The average molecular weight is 268 g/mol. The second kappa shape index (κ2) is 3.56. The van der Waals surface area contributed by atoms with Crippen molar-refractivity contribution in [2.75, 3.05) is 0 Å². The summed E-state index contributed by atoms with van der Waals surface area (Å²) in [5.41, 5.74) is 0.386. The van der Waals surface area contributed by atoms with Gasteiger partial charge >= 0.3 is 0 Å². The van der Waals surface area contributed by atoms with Gasteiger partial charge in [0, 0.05) is 26.5 Å². The van der Waals surface area contributed by atoms with E-state index in [1.807, 2.05) is 12.1 Å². The number of aromatic nitrogens is 1. The summed E-state index contributed by atoms with van der Waals surface area (Å²) in [6.45, 7) is 0. The van der Waals surface area contributed by atoms with Crippen LogP contribution in [0, 0.1) is 11.3 Å². The van der Waals surface area contributed by atoms with Gasteiger partial charge in [-0.1, -0.05) is 27.5 Å². The summed E-state index contributed by atoms with van der Waals surface area (Å²) in [7, 11) is 0. The Hall–Kier alpha value is -1.11. The minimum Gasteiger partial charge on any atom is -0.245 e. The van der Waals surface area contributed by atoms with E-state index in [0.29, 0.717) is 10.7 Å². The molecule has 0 radical (unpaired) electrons. The number of hydrogen-bond donors (Lipinski definition) is 0. The second-order valence-corrected chi connectivity index (χ2v) is 3.98. The van der Waals surface area contributed by atoms with Gasteiger partial charge in [-0.15, -0.1) is 0 Å². The molecule has 0 saturated heterocycles. The molecule has 0 bridgehead atoms. The van der Waals surface area contributed by atoms with Crippen molar-refractivity contribution in [3.8, 4) is 6.07 Å². The van der Waals surface area contributed by atoms with Crippen molar-refractivity contribution in [3.05, 3.63) is 39.6 Å². The van der Waals surface area contributed by atoms with E-state index in [0.717, 1.165) is 15.2 Å². The van der Waals surface area contributed by atoms with Crippen LogP contribution in [0.4, 0.5) is 0 Å². The molecule has 0 saturated carbocycles. The fraction of sp³-hybridized carbons (Fsp3) is 0. The first-order chi connectivity index (χ1) is 6.74. The molecule has 0 N–H and O–H groups in total. The Kier molecular flexibility index (Phi) is 2.40. The smallest absolute Gasteiger partial charge is 0.149 e. The molecule has 1 aromatic carbocycles. The van der Waals surface area contributed by atoms with E-state index in [2.05, 4.69) is 20.9 Å². The van der Waals surface area contributed by atoms with Crippen molar-refractivity contribution in [1.82, 2.24) is 4.98 Å². The largest absolute Gasteiger partial charge is 0.245 e. The van der Waals surface area contributed by atoms with Crippen LogP contribution in [-0.2, 0) is 0 Å². The molecule has 14 heavy (non-hydrogen) atoms. The van der Waals surface area contributed by atoms with Gasteiger partial charge < -0.3 is 0 Å². The van der Waals surface area contributed by atoms with Crippen LogP contribution in [0.1, 0.15) is 5.69 Å². The Morgan fingerprint density at radius 1 is 1.36 bits per heavy atom. The SMILES string of the molecule is N#Cc1nccc2c(Cl)ccc(Br)c12. The van der Waals surface area contributed by atoms with Crippen molar-refractivity contribution in [3.63, 3.8) is 0 Å². The summed E-state index contributed by atoms with van der Waals surface area (Å²) in [6, 6.07) is 7.43. The highest BCUT2D eigenvalue weighted by molar-refractivity contribution is 9.10. The van der Waals surface area contributed by atoms with Gasteiger partial charge in [-0.2, -0.15) is 5.26 Å². The number of hydrogen-bond acceptors (Lipinski definition) is 2. The molecule has 0 unspecified atom stereocenters. The minimum absolute atomic E-state index is 0.386. The number of benzene rings is 1. The van der Waals surface area contributed by atoms with E-state index in [1.165, 1.54) is 0 Å². The van der Waals surface area contributed by atoms with Crippen LogP contribution in [0.2, 0.25) is 5.02 Å². The highest BCUT2D eigenvalue weighted by atomic mass is 79.9. The van der Waals surface area contributed by atoms with E-state index < -0.39 is 0 Å². The lowest BCUT2D eigenvalue weighted by Crippen LogP contribution is -1.86. The molecule has 0 aliphatic heterocycles. The van der Waals surface area contributed by atoms with Gasteiger partial charge in [-0.05, 0) is 18.2 Å². The molecule has 1 aromatic heterocycles. The Balaban J connectivity index is 3.01. The summed E-state index contributed by atoms with van der Waals surface area (Å²) < 4.78 is 0.835. The van der Waals surface area contributed by atoms with Gasteiger partial charge in [0.25, 0.3) is 0 Å². The van der Waals surface area contributed by atoms with E-state index in [9.17, 15) is 0 Å². The normalized spacial score (nSPS) is 10.1. The lowest BCUT2D eigenvalue weighted by atomic mass is 10.1.